The van der Waals surface area contributed by atoms with Gasteiger partial charge >= 0.3 is 5.97 Å². The smallest absolute Gasteiger partial charge is 0.331 e. The van der Waals surface area contributed by atoms with E-state index in [9.17, 15) is 9.90 Å². The molecule has 0 atom stereocenters. The molecule has 1 aliphatic carbocycles. The molecular weight excluding hydrogens is 192 g/mol. The summed E-state index contributed by atoms with van der Waals surface area (Å²) in [7, 11) is 0. The Balaban J connectivity index is 2.69. The molecule has 0 bridgehead atoms. The van der Waals surface area contributed by atoms with Crippen LogP contribution in [0, 0.1) is 11.8 Å². The first-order valence-electron chi connectivity index (χ1n) is 5.63. The van der Waals surface area contributed by atoms with Gasteiger partial charge in [0.05, 0.1) is 6.10 Å². The molecule has 2 N–H and O–H groups in total. The van der Waals surface area contributed by atoms with Crippen LogP contribution in [0.15, 0.2) is 11.6 Å². The van der Waals surface area contributed by atoms with Crippen molar-refractivity contribution in [1.82, 2.24) is 0 Å². The molecule has 86 valence electrons. The van der Waals surface area contributed by atoms with Crippen molar-refractivity contribution in [3.63, 3.8) is 0 Å². The Morgan fingerprint density at radius 3 is 2.20 bits per heavy atom. The van der Waals surface area contributed by atoms with Crippen LogP contribution in [0.1, 0.15) is 39.5 Å². The number of aliphatic hydroxyl groups excluding tert-OH is 1. The lowest BCUT2D eigenvalue weighted by Crippen LogP contribution is -2.22. The van der Waals surface area contributed by atoms with Crippen molar-refractivity contribution in [2.45, 2.75) is 45.6 Å². The molecule has 15 heavy (non-hydrogen) atoms. The number of aliphatic carboxylic acids is 1. The number of carboxylic acids is 1. The van der Waals surface area contributed by atoms with Gasteiger partial charge in [0.25, 0.3) is 0 Å². The predicted molar refractivity (Wildman–Crippen MR) is 58.5 cm³/mol. The van der Waals surface area contributed by atoms with Gasteiger partial charge in [-0.15, -0.1) is 0 Å². The number of carbonyl (C=O) groups is 1. The SMILES string of the molecule is CC(C)/C=C(/C(=O)O)C1CCC(O)CC1. The van der Waals surface area contributed by atoms with Gasteiger partial charge < -0.3 is 10.2 Å². The maximum Gasteiger partial charge on any atom is 0.331 e. The van der Waals surface area contributed by atoms with Crippen LogP contribution in [-0.4, -0.2) is 22.3 Å². The number of hydrogen-bond donors (Lipinski definition) is 2. The van der Waals surface area contributed by atoms with Crippen LogP contribution >= 0.6 is 0 Å². The summed E-state index contributed by atoms with van der Waals surface area (Å²) >= 11 is 0. The zero-order valence-electron chi connectivity index (χ0n) is 9.44. The molecule has 0 heterocycles. The van der Waals surface area contributed by atoms with Crippen LogP contribution in [0.4, 0.5) is 0 Å². The molecule has 0 aromatic heterocycles. The number of aliphatic hydroxyl groups is 1. The largest absolute Gasteiger partial charge is 0.478 e. The van der Waals surface area contributed by atoms with Crippen LogP contribution < -0.4 is 0 Å². The Bertz CT molecular complexity index is 248. The fourth-order valence-electron chi connectivity index (χ4n) is 2.13. The van der Waals surface area contributed by atoms with E-state index in [0.717, 1.165) is 25.7 Å². The number of allylic oxidation sites excluding steroid dienone is 1. The summed E-state index contributed by atoms with van der Waals surface area (Å²) in [6.07, 6.45) is 4.67. The van der Waals surface area contributed by atoms with Crippen LogP contribution in [-0.2, 0) is 4.79 Å². The monoisotopic (exact) mass is 212 g/mol. The second-order valence-corrected chi connectivity index (χ2v) is 4.68. The van der Waals surface area contributed by atoms with E-state index in [0.29, 0.717) is 5.57 Å². The average Bonchev–Trinajstić information content (AvgIpc) is 2.15. The lowest BCUT2D eigenvalue weighted by atomic mass is 9.81. The van der Waals surface area contributed by atoms with Gasteiger partial charge in [-0.05, 0) is 37.5 Å². The van der Waals surface area contributed by atoms with Crippen molar-refractivity contribution in [2.75, 3.05) is 0 Å². The maximum atomic E-state index is 11.1. The highest BCUT2D eigenvalue weighted by atomic mass is 16.4. The molecule has 0 aromatic rings. The average molecular weight is 212 g/mol. The topological polar surface area (TPSA) is 57.5 Å². The van der Waals surface area contributed by atoms with Crippen LogP contribution in [0.25, 0.3) is 0 Å². The zero-order valence-corrected chi connectivity index (χ0v) is 9.44. The summed E-state index contributed by atoms with van der Waals surface area (Å²) in [5.41, 5.74) is 0.539. The minimum absolute atomic E-state index is 0.133. The van der Waals surface area contributed by atoms with E-state index in [4.69, 9.17) is 5.11 Å². The molecule has 0 saturated heterocycles. The van der Waals surface area contributed by atoms with E-state index < -0.39 is 5.97 Å². The van der Waals surface area contributed by atoms with Gasteiger partial charge in [0, 0.05) is 5.57 Å². The quantitative estimate of drug-likeness (QED) is 0.705. The third-order valence-electron chi connectivity index (χ3n) is 2.90. The molecule has 3 heteroatoms. The first kappa shape index (κ1) is 12.2. The fourth-order valence-corrected chi connectivity index (χ4v) is 2.13. The Morgan fingerprint density at radius 2 is 1.80 bits per heavy atom. The highest BCUT2D eigenvalue weighted by Gasteiger charge is 2.26. The van der Waals surface area contributed by atoms with Crippen LogP contribution in [0.2, 0.25) is 0 Å². The fraction of sp³-hybridized carbons (Fsp3) is 0.750. The van der Waals surface area contributed by atoms with Crippen molar-refractivity contribution < 1.29 is 15.0 Å². The van der Waals surface area contributed by atoms with Gasteiger partial charge in [-0.1, -0.05) is 19.9 Å². The first-order valence-corrected chi connectivity index (χ1v) is 5.63. The van der Waals surface area contributed by atoms with Gasteiger partial charge in [-0.3, -0.25) is 0 Å². The van der Waals surface area contributed by atoms with E-state index in [-0.39, 0.29) is 17.9 Å². The molecule has 1 fully saturated rings. The summed E-state index contributed by atoms with van der Waals surface area (Å²) in [4.78, 5) is 11.1. The minimum atomic E-state index is -0.801. The molecule has 0 aliphatic heterocycles. The molecule has 0 aromatic carbocycles. The molecule has 0 radical (unpaired) electrons. The second-order valence-electron chi connectivity index (χ2n) is 4.68. The summed E-state index contributed by atoms with van der Waals surface area (Å²) in [5.74, 6) is -0.402. The molecule has 1 saturated carbocycles. The van der Waals surface area contributed by atoms with E-state index in [1.807, 2.05) is 19.9 Å². The van der Waals surface area contributed by atoms with Crippen molar-refractivity contribution in [3.05, 3.63) is 11.6 Å². The third kappa shape index (κ3) is 3.67. The van der Waals surface area contributed by atoms with Crippen LogP contribution in [0.5, 0.6) is 0 Å². The Hall–Kier alpha value is -0.830. The normalized spacial score (nSPS) is 28.1. The highest BCUT2D eigenvalue weighted by Crippen LogP contribution is 2.30. The molecule has 1 rings (SSSR count). The van der Waals surface area contributed by atoms with Gasteiger partial charge in [0.1, 0.15) is 0 Å². The molecule has 3 nitrogen and oxygen atoms in total. The van der Waals surface area contributed by atoms with Gasteiger partial charge in [0.2, 0.25) is 0 Å². The van der Waals surface area contributed by atoms with E-state index >= 15 is 0 Å². The number of carboxylic acid groups (broad SMARTS) is 1. The summed E-state index contributed by atoms with van der Waals surface area (Å²) < 4.78 is 0. The van der Waals surface area contributed by atoms with E-state index in [2.05, 4.69) is 0 Å². The Labute approximate surface area is 90.8 Å². The van der Waals surface area contributed by atoms with Crippen molar-refractivity contribution >= 4 is 5.97 Å². The van der Waals surface area contributed by atoms with Gasteiger partial charge in [-0.25, -0.2) is 4.79 Å². The molecule has 0 unspecified atom stereocenters. The molecular formula is C12H20O3. The lowest BCUT2D eigenvalue weighted by molar-refractivity contribution is -0.133. The minimum Gasteiger partial charge on any atom is -0.478 e. The summed E-state index contributed by atoms with van der Waals surface area (Å²) in [5, 5.41) is 18.5. The van der Waals surface area contributed by atoms with Gasteiger partial charge in [0.15, 0.2) is 0 Å². The predicted octanol–water partition coefficient (Wildman–Crippen LogP) is 2.20. The number of hydrogen-bond acceptors (Lipinski definition) is 2. The lowest BCUT2D eigenvalue weighted by Gasteiger charge is -2.26. The Kier molecular flexibility index (Phi) is 4.33. The van der Waals surface area contributed by atoms with E-state index in [1.165, 1.54) is 0 Å². The second kappa shape index (κ2) is 5.31. The van der Waals surface area contributed by atoms with Crippen molar-refractivity contribution in [2.24, 2.45) is 11.8 Å². The number of rotatable bonds is 3. The Morgan fingerprint density at radius 1 is 1.27 bits per heavy atom. The maximum absolute atomic E-state index is 11.1. The summed E-state index contributed by atoms with van der Waals surface area (Å²) in [6.45, 7) is 3.97. The molecule has 1 aliphatic rings. The van der Waals surface area contributed by atoms with Crippen molar-refractivity contribution in [1.29, 1.82) is 0 Å². The first-order chi connectivity index (χ1) is 7.00. The van der Waals surface area contributed by atoms with E-state index in [1.54, 1.807) is 0 Å². The zero-order chi connectivity index (χ0) is 11.4. The molecule has 0 spiro atoms. The molecule has 0 amide bonds. The summed E-state index contributed by atoms with van der Waals surface area (Å²) in [6, 6.07) is 0. The standard InChI is InChI=1S/C12H20O3/c1-8(2)7-11(12(14)15)9-3-5-10(13)6-4-9/h7-10,13H,3-6H2,1-2H3,(H,14,15)/b11-7+. The third-order valence-corrected chi connectivity index (χ3v) is 2.90. The highest BCUT2D eigenvalue weighted by molar-refractivity contribution is 5.87. The van der Waals surface area contributed by atoms with Gasteiger partial charge in [-0.2, -0.15) is 0 Å². The van der Waals surface area contributed by atoms with Crippen molar-refractivity contribution in [3.8, 4) is 0 Å². The van der Waals surface area contributed by atoms with Crippen LogP contribution in [0.3, 0.4) is 0 Å².